The molecule has 2 amide bonds. The van der Waals surface area contributed by atoms with E-state index in [2.05, 4.69) is 4.90 Å². The Labute approximate surface area is 170 Å². The highest BCUT2D eigenvalue weighted by molar-refractivity contribution is 6.33. The number of piperazine rings is 1. The molecule has 0 aliphatic carbocycles. The summed E-state index contributed by atoms with van der Waals surface area (Å²) in [6, 6.07) is 17.7. The number of carbonyl (C=O) groups is 2. The summed E-state index contributed by atoms with van der Waals surface area (Å²) >= 11 is 6.29. The van der Waals surface area contributed by atoms with Crippen molar-refractivity contribution in [3.05, 3.63) is 65.2 Å². The standard InChI is InChI=1S/C22H24ClN3O2/c23-19-8-4-5-9-20(19)24-10-12-25(13-11-24)22(28)18-14-21(27)26(16-18)15-17-6-2-1-3-7-17/h1-9,18H,10-16H2/t18-/m0/s1. The van der Waals surface area contributed by atoms with E-state index < -0.39 is 0 Å². The number of amides is 2. The third-order valence-corrected chi connectivity index (χ3v) is 5.88. The number of halogens is 1. The summed E-state index contributed by atoms with van der Waals surface area (Å²) in [7, 11) is 0. The first kappa shape index (κ1) is 18.8. The monoisotopic (exact) mass is 397 g/mol. The molecule has 2 aromatic carbocycles. The zero-order chi connectivity index (χ0) is 19.5. The van der Waals surface area contributed by atoms with Crippen molar-refractivity contribution >= 4 is 29.1 Å². The van der Waals surface area contributed by atoms with Crippen LogP contribution in [0.25, 0.3) is 0 Å². The lowest BCUT2D eigenvalue weighted by atomic mass is 10.1. The van der Waals surface area contributed by atoms with Gasteiger partial charge in [0.25, 0.3) is 0 Å². The van der Waals surface area contributed by atoms with E-state index in [1.165, 1.54) is 0 Å². The van der Waals surface area contributed by atoms with Crippen LogP contribution in [0.15, 0.2) is 54.6 Å². The largest absolute Gasteiger partial charge is 0.367 e. The maximum absolute atomic E-state index is 13.0. The highest BCUT2D eigenvalue weighted by Gasteiger charge is 2.37. The molecule has 6 heteroatoms. The first-order valence-electron chi connectivity index (χ1n) is 9.72. The molecule has 2 fully saturated rings. The lowest BCUT2D eigenvalue weighted by Crippen LogP contribution is -2.50. The Hall–Kier alpha value is -2.53. The van der Waals surface area contributed by atoms with Gasteiger partial charge in [-0.1, -0.05) is 54.1 Å². The molecular weight excluding hydrogens is 374 g/mol. The number of hydrogen-bond acceptors (Lipinski definition) is 3. The molecule has 0 N–H and O–H groups in total. The molecule has 146 valence electrons. The Kier molecular flexibility index (Phi) is 5.53. The Morgan fingerprint density at radius 2 is 1.64 bits per heavy atom. The minimum absolute atomic E-state index is 0.0666. The molecule has 2 aliphatic heterocycles. The summed E-state index contributed by atoms with van der Waals surface area (Å²) in [4.78, 5) is 31.3. The van der Waals surface area contributed by atoms with Gasteiger partial charge in [-0.3, -0.25) is 9.59 Å². The predicted molar refractivity (Wildman–Crippen MR) is 110 cm³/mol. The van der Waals surface area contributed by atoms with Crippen LogP contribution in [0.4, 0.5) is 5.69 Å². The predicted octanol–water partition coefficient (Wildman–Crippen LogP) is 3.04. The van der Waals surface area contributed by atoms with Gasteiger partial charge in [-0.2, -0.15) is 0 Å². The summed E-state index contributed by atoms with van der Waals surface area (Å²) in [5.41, 5.74) is 2.11. The smallest absolute Gasteiger partial charge is 0.228 e. The van der Waals surface area contributed by atoms with Crippen LogP contribution in [-0.2, 0) is 16.1 Å². The summed E-state index contributed by atoms with van der Waals surface area (Å²) in [6.45, 7) is 3.91. The molecule has 2 saturated heterocycles. The molecule has 0 unspecified atom stereocenters. The molecule has 2 aliphatic rings. The van der Waals surface area contributed by atoms with Gasteiger partial charge in [0.1, 0.15) is 0 Å². The van der Waals surface area contributed by atoms with E-state index in [0.717, 1.165) is 29.4 Å². The molecular formula is C22H24ClN3O2. The van der Waals surface area contributed by atoms with Crippen molar-refractivity contribution in [2.75, 3.05) is 37.6 Å². The van der Waals surface area contributed by atoms with Gasteiger partial charge >= 0.3 is 0 Å². The summed E-state index contributed by atoms with van der Waals surface area (Å²) in [5, 5.41) is 0.736. The third-order valence-electron chi connectivity index (χ3n) is 5.56. The van der Waals surface area contributed by atoms with Gasteiger partial charge in [-0.15, -0.1) is 0 Å². The van der Waals surface area contributed by atoms with Crippen LogP contribution in [0, 0.1) is 5.92 Å². The van der Waals surface area contributed by atoms with Gasteiger partial charge in [0.2, 0.25) is 11.8 Å². The summed E-state index contributed by atoms with van der Waals surface area (Å²) in [6.07, 6.45) is 0.316. The maximum Gasteiger partial charge on any atom is 0.228 e. The van der Waals surface area contributed by atoms with Crippen LogP contribution in [0.1, 0.15) is 12.0 Å². The second-order valence-corrected chi connectivity index (χ2v) is 7.83. The molecule has 4 rings (SSSR count). The van der Waals surface area contributed by atoms with E-state index in [-0.39, 0.29) is 17.7 Å². The van der Waals surface area contributed by atoms with Crippen LogP contribution in [0.5, 0.6) is 0 Å². The van der Waals surface area contributed by atoms with E-state index in [9.17, 15) is 9.59 Å². The number of nitrogens with zero attached hydrogens (tertiary/aromatic N) is 3. The fourth-order valence-corrected chi connectivity index (χ4v) is 4.28. The summed E-state index contributed by atoms with van der Waals surface area (Å²) in [5.74, 6) is -0.0669. The van der Waals surface area contributed by atoms with Crippen molar-refractivity contribution in [1.29, 1.82) is 0 Å². The molecule has 0 saturated carbocycles. The Morgan fingerprint density at radius 3 is 2.36 bits per heavy atom. The molecule has 0 radical (unpaired) electrons. The van der Waals surface area contributed by atoms with Gasteiger partial charge in [-0.05, 0) is 17.7 Å². The first-order chi connectivity index (χ1) is 13.6. The number of rotatable bonds is 4. The molecule has 2 heterocycles. The highest BCUT2D eigenvalue weighted by Crippen LogP contribution is 2.27. The van der Waals surface area contributed by atoms with E-state index in [0.29, 0.717) is 32.6 Å². The highest BCUT2D eigenvalue weighted by atomic mass is 35.5. The van der Waals surface area contributed by atoms with Crippen molar-refractivity contribution in [2.24, 2.45) is 5.92 Å². The van der Waals surface area contributed by atoms with Crippen LogP contribution in [0.3, 0.4) is 0 Å². The number of carbonyl (C=O) groups excluding carboxylic acids is 2. The van der Waals surface area contributed by atoms with Crippen LogP contribution in [-0.4, -0.2) is 54.3 Å². The van der Waals surface area contributed by atoms with Gasteiger partial charge in [0.05, 0.1) is 16.6 Å². The van der Waals surface area contributed by atoms with Crippen molar-refractivity contribution in [3.8, 4) is 0 Å². The average Bonchev–Trinajstić information content (AvgIpc) is 3.09. The molecule has 0 spiro atoms. The zero-order valence-electron chi connectivity index (χ0n) is 15.8. The molecule has 2 aromatic rings. The van der Waals surface area contributed by atoms with Crippen LogP contribution >= 0.6 is 11.6 Å². The Bertz CT molecular complexity index is 850. The Balaban J connectivity index is 1.33. The van der Waals surface area contributed by atoms with Gasteiger partial charge in [0.15, 0.2) is 0 Å². The number of para-hydroxylation sites is 1. The van der Waals surface area contributed by atoms with Gasteiger partial charge in [0, 0.05) is 45.7 Å². The lowest BCUT2D eigenvalue weighted by Gasteiger charge is -2.37. The van der Waals surface area contributed by atoms with Gasteiger partial charge in [-0.25, -0.2) is 0 Å². The fraction of sp³-hybridized carbons (Fsp3) is 0.364. The molecule has 5 nitrogen and oxygen atoms in total. The minimum atomic E-state index is -0.233. The van der Waals surface area contributed by atoms with Crippen molar-refractivity contribution in [1.82, 2.24) is 9.80 Å². The van der Waals surface area contributed by atoms with Crippen LogP contribution < -0.4 is 4.90 Å². The number of benzene rings is 2. The van der Waals surface area contributed by atoms with E-state index >= 15 is 0 Å². The lowest BCUT2D eigenvalue weighted by molar-refractivity contribution is -0.136. The quantitative estimate of drug-likeness (QED) is 0.796. The van der Waals surface area contributed by atoms with Crippen molar-refractivity contribution in [2.45, 2.75) is 13.0 Å². The molecule has 0 aromatic heterocycles. The maximum atomic E-state index is 13.0. The van der Waals surface area contributed by atoms with Crippen molar-refractivity contribution in [3.63, 3.8) is 0 Å². The van der Waals surface area contributed by atoms with Gasteiger partial charge < -0.3 is 14.7 Å². The average molecular weight is 398 g/mol. The molecule has 0 bridgehead atoms. The molecule has 28 heavy (non-hydrogen) atoms. The van der Waals surface area contributed by atoms with E-state index in [1.807, 2.05) is 59.5 Å². The number of hydrogen-bond donors (Lipinski definition) is 0. The van der Waals surface area contributed by atoms with Crippen LogP contribution in [0.2, 0.25) is 5.02 Å². The van der Waals surface area contributed by atoms with Crippen molar-refractivity contribution < 1.29 is 9.59 Å². The molecule has 1 atom stereocenters. The summed E-state index contributed by atoms with van der Waals surface area (Å²) < 4.78 is 0. The third kappa shape index (κ3) is 3.99. The number of anilines is 1. The minimum Gasteiger partial charge on any atom is -0.367 e. The first-order valence-corrected chi connectivity index (χ1v) is 10.1. The second-order valence-electron chi connectivity index (χ2n) is 7.42. The Morgan fingerprint density at radius 1 is 0.964 bits per heavy atom. The van der Waals surface area contributed by atoms with E-state index in [1.54, 1.807) is 4.90 Å². The SMILES string of the molecule is O=C1C[C@H](C(=O)N2CCN(c3ccccc3Cl)CC2)CN1Cc1ccccc1. The topological polar surface area (TPSA) is 43.9 Å². The fourth-order valence-electron chi connectivity index (χ4n) is 4.03. The zero-order valence-corrected chi connectivity index (χ0v) is 16.5. The number of likely N-dealkylation sites (tertiary alicyclic amines) is 1. The second kappa shape index (κ2) is 8.23. The van der Waals surface area contributed by atoms with E-state index in [4.69, 9.17) is 11.6 Å². The normalized spacial score (nSPS) is 20.0.